The number of fused-ring (bicyclic) bond motifs is 2. The van der Waals surface area contributed by atoms with Gasteiger partial charge in [0, 0.05) is 42.2 Å². The molecule has 2 atom stereocenters. The molecule has 0 saturated carbocycles. The van der Waals surface area contributed by atoms with Crippen LogP contribution >= 0.6 is 0 Å². The predicted molar refractivity (Wildman–Crippen MR) is 140 cm³/mol. The van der Waals surface area contributed by atoms with Crippen molar-refractivity contribution in [1.29, 1.82) is 0 Å². The fraction of sp³-hybridized carbons (Fsp3) is 0.241. The van der Waals surface area contributed by atoms with Crippen LogP contribution in [0.5, 0.6) is 5.75 Å². The van der Waals surface area contributed by atoms with Crippen LogP contribution in [-0.4, -0.2) is 36.0 Å². The first-order chi connectivity index (χ1) is 17.6. The molecule has 0 fully saturated rings. The van der Waals surface area contributed by atoms with Crippen LogP contribution in [0.2, 0.25) is 0 Å². The van der Waals surface area contributed by atoms with E-state index in [0.717, 1.165) is 27.6 Å². The Labute approximate surface area is 210 Å². The zero-order chi connectivity index (χ0) is 24.9. The number of hydrogen-bond acceptors (Lipinski definition) is 4. The normalized spacial score (nSPS) is 15.6. The Kier molecular flexibility index (Phi) is 7.00. The van der Waals surface area contributed by atoms with Crippen LogP contribution in [0, 0.1) is 0 Å². The second kappa shape index (κ2) is 10.7. The molecular formula is C29H30N4O3. The van der Waals surface area contributed by atoms with Crippen LogP contribution in [0.3, 0.4) is 0 Å². The number of aromatic nitrogens is 1. The summed E-state index contributed by atoms with van der Waals surface area (Å²) in [7, 11) is 1.61. The van der Waals surface area contributed by atoms with E-state index in [1.54, 1.807) is 7.11 Å². The lowest BCUT2D eigenvalue weighted by Crippen LogP contribution is -2.54. The fourth-order valence-electron chi connectivity index (χ4n) is 4.80. The van der Waals surface area contributed by atoms with Crippen molar-refractivity contribution in [3.8, 4) is 5.75 Å². The maximum Gasteiger partial charge on any atom is 0.243 e. The first-order valence-corrected chi connectivity index (χ1v) is 12.2. The van der Waals surface area contributed by atoms with Gasteiger partial charge in [0.15, 0.2) is 0 Å². The highest BCUT2D eigenvalue weighted by atomic mass is 16.5. The summed E-state index contributed by atoms with van der Waals surface area (Å²) in [5.74, 6) is 0.289. The smallest absolute Gasteiger partial charge is 0.243 e. The zero-order valence-electron chi connectivity index (χ0n) is 20.2. The highest BCUT2D eigenvalue weighted by Crippen LogP contribution is 2.21. The molecule has 5 rings (SSSR count). The first-order valence-electron chi connectivity index (χ1n) is 12.2. The van der Waals surface area contributed by atoms with Crippen LogP contribution in [0.25, 0.3) is 10.9 Å². The van der Waals surface area contributed by atoms with Crippen LogP contribution in [0.1, 0.15) is 22.3 Å². The molecule has 0 radical (unpaired) electrons. The maximum absolute atomic E-state index is 13.4. The third kappa shape index (κ3) is 5.11. The van der Waals surface area contributed by atoms with Gasteiger partial charge in [0.25, 0.3) is 0 Å². The molecule has 4 aromatic rings. The Morgan fingerprint density at radius 3 is 2.58 bits per heavy atom. The highest BCUT2D eigenvalue weighted by Gasteiger charge is 2.29. The van der Waals surface area contributed by atoms with Gasteiger partial charge in [0.05, 0.1) is 13.2 Å². The zero-order valence-corrected chi connectivity index (χ0v) is 20.2. The van der Waals surface area contributed by atoms with E-state index in [-0.39, 0.29) is 11.8 Å². The summed E-state index contributed by atoms with van der Waals surface area (Å²) >= 11 is 0. The average molecular weight is 483 g/mol. The van der Waals surface area contributed by atoms with Gasteiger partial charge >= 0.3 is 0 Å². The van der Waals surface area contributed by atoms with E-state index in [0.29, 0.717) is 31.7 Å². The Hall–Kier alpha value is -4.10. The molecule has 184 valence electrons. The molecule has 2 amide bonds. The van der Waals surface area contributed by atoms with Crippen LogP contribution < -0.4 is 20.7 Å². The first kappa shape index (κ1) is 23.6. The fourth-order valence-corrected chi connectivity index (χ4v) is 4.80. The van der Waals surface area contributed by atoms with Crippen molar-refractivity contribution in [2.45, 2.75) is 38.0 Å². The Bertz CT molecular complexity index is 1380. The molecule has 7 heteroatoms. The quantitative estimate of drug-likeness (QED) is 0.310. The van der Waals surface area contributed by atoms with Crippen molar-refractivity contribution in [1.82, 2.24) is 20.9 Å². The number of carbonyl (C=O) groups is 2. The standard InChI is InChI=1S/C29H30N4O3/c1-36-27-13-7-4-10-21(27)17-32-28(34)26(15-22-18-30-24-12-6-5-11-23(22)24)33-29(35)25-14-19-8-2-3-9-20(19)16-31-25/h2-13,18,25-26,30-31H,14-17H2,1H3,(H,32,34)(H,33,35)/t25-,26+/m1/s1. The van der Waals surface area contributed by atoms with Crippen molar-refractivity contribution in [3.05, 3.63) is 101 Å². The third-order valence-electron chi connectivity index (χ3n) is 6.78. The van der Waals surface area contributed by atoms with Gasteiger partial charge in [-0.1, -0.05) is 60.7 Å². The van der Waals surface area contributed by atoms with Gasteiger partial charge in [-0.25, -0.2) is 0 Å². The molecule has 0 unspecified atom stereocenters. The van der Waals surface area contributed by atoms with Gasteiger partial charge in [-0.2, -0.15) is 0 Å². The number of benzene rings is 3. The molecule has 0 bridgehead atoms. The van der Waals surface area contributed by atoms with Gasteiger partial charge in [0.1, 0.15) is 11.8 Å². The summed E-state index contributed by atoms with van der Waals surface area (Å²) in [5, 5.41) is 10.4. The summed E-state index contributed by atoms with van der Waals surface area (Å²) in [6.07, 6.45) is 2.87. The number of ether oxygens (including phenoxy) is 1. The van der Waals surface area contributed by atoms with E-state index in [9.17, 15) is 9.59 Å². The molecule has 36 heavy (non-hydrogen) atoms. The number of carbonyl (C=O) groups excluding carboxylic acids is 2. The van der Waals surface area contributed by atoms with Gasteiger partial charge < -0.3 is 25.7 Å². The van der Waals surface area contributed by atoms with Crippen molar-refractivity contribution < 1.29 is 14.3 Å². The van der Waals surface area contributed by atoms with Gasteiger partial charge in [0.2, 0.25) is 11.8 Å². The minimum absolute atomic E-state index is 0.179. The van der Waals surface area contributed by atoms with Crippen LogP contribution in [0.4, 0.5) is 0 Å². The van der Waals surface area contributed by atoms with Gasteiger partial charge in [-0.3, -0.25) is 9.59 Å². The summed E-state index contributed by atoms with van der Waals surface area (Å²) in [6, 6.07) is 22.5. The molecule has 4 N–H and O–H groups in total. The molecule has 0 aliphatic carbocycles. The van der Waals surface area contributed by atoms with Gasteiger partial charge in [-0.05, 0) is 35.2 Å². The van der Waals surface area contributed by atoms with Crippen LogP contribution in [0.15, 0.2) is 79.0 Å². The molecule has 1 aliphatic heterocycles. The summed E-state index contributed by atoms with van der Waals surface area (Å²) < 4.78 is 5.41. The predicted octanol–water partition coefficient (Wildman–Crippen LogP) is 3.23. The highest BCUT2D eigenvalue weighted by molar-refractivity contribution is 5.91. The topological polar surface area (TPSA) is 95.2 Å². The van der Waals surface area contributed by atoms with Crippen molar-refractivity contribution in [2.24, 2.45) is 0 Å². The molecule has 2 heterocycles. The van der Waals surface area contributed by atoms with Crippen molar-refractivity contribution in [3.63, 3.8) is 0 Å². The minimum atomic E-state index is -0.731. The van der Waals surface area contributed by atoms with E-state index in [1.165, 1.54) is 5.56 Å². The number of para-hydroxylation sites is 2. The number of aromatic amines is 1. The lowest BCUT2D eigenvalue weighted by atomic mass is 9.95. The lowest BCUT2D eigenvalue weighted by molar-refractivity contribution is -0.130. The molecule has 1 aliphatic rings. The van der Waals surface area contributed by atoms with E-state index < -0.39 is 12.1 Å². The molecule has 3 aromatic carbocycles. The largest absolute Gasteiger partial charge is 0.496 e. The minimum Gasteiger partial charge on any atom is -0.496 e. The molecule has 7 nitrogen and oxygen atoms in total. The number of methoxy groups -OCH3 is 1. The number of amides is 2. The van der Waals surface area contributed by atoms with Gasteiger partial charge in [-0.15, -0.1) is 0 Å². The second-order valence-electron chi connectivity index (χ2n) is 9.06. The Morgan fingerprint density at radius 1 is 0.972 bits per heavy atom. The van der Waals surface area contributed by atoms with E-state index >= 15 is 0 Å². The summed E-state index contributed by atoms with van der Waals surface area (Å²) in [4.78, 5) is 30.0. The molecule has 0 spiro atoms. The third-order valence-corrected chi connectivity index (χ3v) is 6.78. The Balaban J connectivity index is 1.33. The van der Waals surface area contributed by atoms with E-state index in [2.05, 4.69) is 33.1 Å². The molecule has 1 aromatic heterocycles. The SMILES string of the molecule is COc1ccccc1CNC(=O)[C@H](Cc1c[nH]c2ccccc12)NC(=O)[C@H]1Cc2ccccc2CN1. The van der Waals surface area contributed by atoms with Crippen LogP contribution in [-0.2, 0) is 35.5 Å². The summed E-state index contributed by atoms with van der Waals surface area (Å²) in [6.45, 7) is 0.930. The average Bonchev–Trinajstić information content (AvgIpc) is 3.33. The number of nitrogens with one attached hydrogen (secondary N) is 4. The Morgan fingerprint density at radius 2 is 1.72 bits per heavy atom. The number of hydrogen-bond donors (Lipinski definition) is 4. The number of rotatable bonds is 8. The number of H-pyrrole nitrogens is 1. The van der Waals surface area contributed by atoms with E-state index in [1.807, 2.05) is 66.9 Å². The van der Waals surface area contributed by atoms with Crippen molar-refractivity contribution >= 4 is 22.7 Å². The molecule has 0 saturated heterocycles. The maximum atomic E-state index is 13.4. The molecular weight excluding hydrogens is 452 g/mol. The monoisotopic (exact) mass is 482 g/mol. The van der Waals surface area contributed by atoms with Crippen molar-refractivity contribution in [2.75, 3.05) is 7.11 Å². The lowest BCUT2D eigenvalue weighted by Gasteiger charge is -2.27. The summed E-state index contributed by atoms with van der Waals surface area (Å²) in [5.41, 5.74) is 5.20. The van der Waals surface area contributed by atoms with E-state index in [4.69, 9.17) is 4.74 Å². The second-order valence-corrected chi connectivity index (χ2v) is 9.06.